The van der Waals surface area contributed by atoms with E-state index in [4.69, 9.17) is 4.74 Å². The minimum Gasteiger partial charge on any atom is -0.460 e. The molecule has 0 aliphatic heterocycles. The molecule has 0 spiro atoms. The first-order valence-corrected chi connectivity index (χ1v) is 5.29. The lowest BCUT2D eigenvalue weighted by molar-refractivity contribution is -0.160. The fourth-order valence-electron chi connectivity index (χ4n) is 1.19. The van der Waals surface area contributed by atoms with Gasteiger partial charge in [0, 0.05) is 0 Å². The Labute approximate surface area is 99.6 Å². The molecule has 0 N–H and O–H groups in total. The number of carbonyl (C=O) groups is 2. The monoisotopic (exact) mass is 238 g/mol. The van der Waals surface area contributed by atoms with Crippen molar-refractivity contribution in [3.05, 3.63) is 35.9 Å². The van der Waals surface area contributed by atoms with Crippen LogP contribution in [0.25, 0.3) is 0 Å². The maximum absolute atomic E-state index is 13.2. The van der Waals surface area contributed by atoms with Crippen LogP contribution in [-0.4, -0.2) is 18.4 Å². The van der Waals surface area contributed by atoms with E-state index in [0.717, 1.165) is 5.56 Å². The van der Waals surface area contributed by atoms with Gasteiger partial charge >= 0.3 is 5.97 Å². The quantitative estimate of drug-likeness (QED) is 0.584. The Hall–Kier alpha value is -1.71. The molecule has 1 aromatic carbocycles. The van der Waals surface area contributed by atoms with Crippen LogP contribution in [0.4, 0.5) is 4.39 Å². The number of ether oxygens (including phenoxy) is 1. The van der Waals surface area contributed by atoms with Crippen molar-refractivity contribution in [2.24, 2.45) is 5.41 Å². The fraction of sp³-hybridized carbons (Fsp3) is 0.385. The number of aldehydes is 1. The van der Waals surface area contributed by atoms with Crippen molar-refractivity contribution in [1.82, 2.24) is 0 Å². The lowest BCUT2D eigenvalue weighted by Crippen LogP contribution is -2.36. The van der Waals surface area contributed by atoms with E-state index in [2.05, 4.69) is 0 Å². The molecule has 0 amide bonds. The summed E-state index contributed by atoms with van der Waals surface area (Å²) in [5.41, 5.74) is -0.630. The molecular formula is C13H15FO3. The van der Waals surface area contributed by atoms with E-state index < -0.39 is 17.6 Å². The number of rotatable bonds is 5. The highest BCUT2D eigenvalue weighted by atomic mass is 19.1. The molecule has 92 valence electrons. The van der Waals surface area contributed by atoms with Crippen LogP contribution in [0.3, 0.4) is 0 Å². The second-order valence-electron chi connectivity index (χ2n) is 4.32. The summed E-state index contributed by atoms with van der Waals surface area (Å²) in [6, 6.07) is 9.08. The first-order valence-electron chi connectivity index (χ1n) is 5.29. The third-order valence-electron chi connectivity index (χ3n) is 2.55. The van der Waals surface area contributed by atoms with Crippen molar-refractivity contribution < 1.29 is 18.7 Å². The minimum absolute atomic E-state index is 0.0781. The van der Waals surface area contributed by atoms with Gasteiger partial charge in [0.25, 0.3) is 0 Å². The number of halogens is 1. The summed E-state index contributed by atoms with van der Waals surface area (Å²) >= 11 is 0. The van der Waals surface area contributed by atoms with E-state index in [0.29, 0.717) is 0 Å². The van der Waals surface area contributed by atoms with Crippen LogP contribution in [0.2, 0.25) is 0 Å². The first kappa shape index (κ1) is 13.4. The van der Waals surface area contributed by atoms with Crippen molar-refractivity contribution in [1.29, 1.82) is 0 Å². The standard InChI is InChI=1S/C13H15FO3/c1-13(2,11(14)8-15)12(16)17-9-10-6-4-3-5-7-10/h3-8,11H,9H2,1-2H3/t11-/m1/s1. The van der Waals surface area contributed by atoms with E-state index >= 15 is 0 Å². The Kier molecular flexibility index (Phi) is 4.37. The zero-order valence-corrected chi connectivity index (χ0v) is 9.85. The second-order valence-corrected chi connectivity index (χ2v) is 4.32. The summed E-state index contributed by atoms with van der Waals surface area (Å²) in [7, 11) is 0. The molecule has 0 aliphatic carbocycles. The van der Waals surface area contributed by atoms with Gasteiger partial charge in [-0.2, -0.15) is 0 Å². The van der Waals surface area contributed by atoms with Gasteiger partial charge in [0.15, 0.2) is 12.5 Å². The lowest BCUT2D eigenvalue weighted by Gasteiger charge is -2.22. The average Bonchev–Trinajstić information content (AvgIpc) is 2.35. The van der Waals surface area contributed by atoms with Gasteiger partial charge in [-0.25, -0.2) is 4.39 Å². The van der Waals surface area contributed by atoms with Crippen molar-refractivity contribution in [3.63, 3.8) is 0 Å². The average molecular weight is 238 g/mol. The van der Waals surface area contributed by atoms with Crippen LogP contribution in [0.1, 0.15) is 19.4 Å². The molecule has 0 aliphatic rings. The Morgan fingerprint density at radius 2 is 2.00 bits per heavy atom. The molecule has 0 aromatic heterocycles. The molecule has 0 bridgehead atoms. The van der Waals surface area contributed by atoms with Crippen LogP contribution in [0.15, 0.2) is 30.3 Å². The van der Waals surface area contributed by atoms with Crippen molar-refractivity contribution in [2.75, 3.05) is 0 Å². The Bertz CT molecular complexity index is 387. The Morgan fingerprint density at radius 1 is 1.41 bits per heavy atom. The number of carbonyl (C=O) groups excluding carboxylic acids is 2. The number of esters is 1. The van der Waals surface area contributed by atoms with Gasteiger partial charge in [-0.3, -0.25) is 4.79 Å². The predicted molar refractivity (Wildman–Crippen MR) is 61.0 cm³/mol. The molecule has 1 aromatic rings. The number of alkyl halides is 1. The molecule has 1 atom stereocenters. The number of hydrogen-bond donors (Lipinski definition) is 0. The number of benzene rings is 1. The van der Waals surface area contributed by atoms with Gasteiger partial charge in [-0.15, -0.1) is 0 Å². The van der Waals surface area contributed by atoms with Gasteiger partial charge in [0.2, 0.25) is 0 Å². The van der Waals surface area contributed by atoms with Crippen molar-refractivity contribution in [2.45, 2.75) is 26.6 Å². The van der Waals surface area contributed by atoms with E-state index in [9.17, 15) is 14.0 Å². The molecular weight excluding hydrogens is 223 g/mol. The third kappa shape index (κ3) is 3.37. The van der Waals surface area contributed by atoms with Gasteiger partial charge in [-0.05, 0) is 19.4 Å². The molecule has 0 saturated heterocycles. The molecule has 4 heteroatoms. The van der Waals surface area contributed by atoms with E-state index in [1.807, 2.05) is 18.2 Å². The van der Waals surface area contributed by atoms with Crippen LogP contribution in [-0.2, 0) is 20.9 Å². The third-order valence-corrected chi connectivity index (χ3v) is 2.55. The molecule has 0 heterocycles. The van der Waals surface area contributed by atoms with Crippen LogP contribution >= 0.6 is 0 Å². The van der Waals surface area contributed by atoms with E-state index in [-0.39, 0.29) is 12.9 Å². The van der Waals surface area contributed by atoms with Crippen molar-refractivity contribution in [3.8, 4) is 0 Å². The first-order chi connectivity index (χ1) is 7.98. The highest BCUT2D eigenvalue weighted by molar-refractivity contribution is 5.81. The zero-order valence-electron chi connectivity index (χ0n) is 9.85. The van der Waals surface area contributed by atoms with Gasteiger partial charge in [0.1, 0.15) is 12.0 Å². The normalized spacial score (nSPS) is 12.9. The molecule has 3 nitrogen and oxygen atoms in total. The minimum atomic E-state index is -1.86. The van der Waals surface area contributed by atoms with Crippen LogP contribution in [0.5, 0.6) is 0 Å². The highest BCUT2D eigenvalue weighted by Gasteiger charge is 2.38. The maximum Gasteiger partial charge on any atom is 0.315 e. The molecule has 0 radical (unpaired) electrons. The molecule has 17 heavy (non-hydrogen) atoms. The highest BCUT2D eigenvalue weighted by Crippen LogP contribution is 2.24. The summed E-state index contributed by atoms with van der Waals surface area (Å²) in [5.74, 6) is -0.721. The number of hydrogen-bond acceptors (Lipinski definition) is 3. The fourth-order valence-corrected chi connectivity index (χ4v) is 1.19. The summed E-state index contributed by atoms with van der Waals surface area (Å²) in [6.07, 6.45) is -1.74. The van der Waals surface area contributed by atoms with Gasteiger partial charge in [-0.1, -0.05) is 30.3 Å². The zero-order chi connectivity index (χ0) is 12.9. The van der Waals surface area contributed by atoms with Gasteiger partial charge in [0.05, 0.1) is 0 Å². The summed E-state index contributed by atoms with van der Waals surface area (Å²) in [5, 5.41) is 0. The SMILES string of the molecule is CC(C)(C(=O)OCc1ccccc1)[C@H](F)C=O. The maximum atomic E-state index is 13.2. The molecule has 1 rings (SSSR count). The second kappa shape index (κ2) is 5.57. The molecule has 0 unspecified atom stereocenters. The summed E-state index contributed by atoms with van der Waals surface area (Å²) < 4.78 is 18.2. The molecule has 0 saturated carbocycles. The van der Waals surface area contributed by atoms with Crippen LogP contribution < -0.4 is 0 Å². The largest absolute Gasteiger partial charge is 0.460 e. The topological polar surface area (TPSA) is 43.4 Å². The Balaban J connectivity index is 2.58. The summed E-state index contributed by atoms with van der Waals surface area (Å²) in [4.78, 5) is 22.0. The predicted octanol–water partition coefficient (Wildman–Crippen LogP) is 2.29. The van der Waals surface area contributed by atoms with E-state index in [1.54, 1.807) is 12.1 Å². The van der Waals surface area contributed by atoms with E-state index in [1.165, 1.54) is 13.8 Å². The van der Waals surface area contributed by atoms with Crippen molar-refractivity contribution >= 4 is 12.3 Å². The Morgan fingerprint density at radius 3 is 2.53 bits per heavy atom. The van der Waals surface area contributed by atoms with Crippen LogP contribution in [0, 0.1) is 5.41 Å². The lowest BCUT2D eigenvalue weighted by atomic mass is 9.88. The smallest absolute Gasteiger partial charge is 0.315 e. The van der Waals surface area contributed by atoms with Gasteiger partial charge < -0.3 is 9.53 Å². The molecule has 0 fully saturated rings. The summed E-state index contributed by atoms with van der Waals surface area (Å²) in [6.45, 7) is 2.77.